The Balaban J connectivity index is 1.52. The molecule has 26 heavy (non-hydrogen) atoms. The molecule has 0 saturated carbocycles. The van der Waals surface area contributed by atoms with E-state index in [1.165, 1.54) is 6.33 Å². The molecule has 0 fully saturated rings. The molecular formula is C19H16BrN5O. The van der Waals surface area contributed by atoms with Gasteiger partial charge in [0.25, 0.3) is 0 Å². The van der Waals surface area contributed by atoms with Crippen molar-refractivity contribution in [1.82, 2.24) is 19.7 Å². The van der Waals surface area contributed by atoms with Crippen molar-refractivity contribution >= 4 is 39.0 Å². The molecule has 2 heterocycles. The number of fused-ring (bicyclic) bond motifs is 1. The Hall–Kier alpha value is -2.93. The fourth-order valence-corrected chi connectivity index (χ4v) is 3.01. The molecule has 0 radical (unpaired) electrons. The molecule has 6 nitrogen and oxygen atoms in total. The standard InChI is InChI=1S/C19H16BrN5O/c20-15-5-7-16(8-6-15)26-10-9-25-12-14(11-21-19-22-13-23-24-19)17-3-1-2-4-18(17)25/h1-8,11-13H,9-10H2,(H,22,23,24). The van der Waals surface area contributed by atoms with Gasteiger partial charge in [0.1, 0.15) is 18.7 Å². The summed E-state index contributed by atoms with van der Waals surface area (Å²) < 4.78 is 9.06. The molecule has 0 unspecified atom stereocenters. The van der Waals surface area contributed by atoms with E-state index in [9.17, 15) is 0 Å². The highest BCUT2D eigenvalue weighted by molar-refractivity contribution is 9.10. The van der Waals surface area contributed by atoms with Crippen molar-refractivity contribution in [2.75, 3.05) is 6.61 Å². The van der Waals surface area contributed by atoms with E-state index in [2.05, 4.69) is 59.0 Å². The minimum absolute atomic E-state index is 0.486. The Morgan fingerprint density at radius 3 is 2.81 bits per heavy atom. The Kier molecular flexibility index (Phi) is 4.79. The van der Waals surface area contributed by atoms with Gasteiger partial charge in [-0.15, -0.1) is 0 Å². The SMILES string of the molecule is Brc1ccc(OCCn2cc(C=Nc3ncn[nH]3)c3ccccc32)cc1. The number of ether oxygens (including phenoxy) is 1. The lowest BCUT2D eigenvalue weighted by atomic mass is 10.2. The number of aliphatic imine (C=N–C) groups is 1. The van der Waals surface area contributed by atoms with Crippen LogP contribution in [0.25, 0.3) is 10.9 Å². The minimum atomic E-state index is 0.486. The zero-order valence-corrected chi connectivity index (χ0v) is 15.4. The normalized spacial score (nSPS) is 11.4. The molecule has 2 aromatic heterocycles. The van der Waals surface area contributed by atoms with Gasteiger partial charge in [-0.3, -0.25) is 0 Å². The smallest absolute Gasteiger partial charge is 0.245 e. The highest BCUT2D eigenvalue weighted by Crippen LogP contribution is 2.21. The summed E-state index contributed by atoms with van der Waals surface area (Å²) in [6, 6.07) is 16.1. The van der Waals surface area contributed by atoms with Gasteiger partial charge in [-0.05, 0) is 30.3 Å². The number of aromatic amines is 1. The molecular weight excluding hydrogens is 394 g/mol. The van der Waals surface area contributed by atoms with Crippen molar-refractivity contribution in [3.8, 4) is 5.75 Å². The first kappa shape index (κ1) is 16.5. The van der Waals surface area contributed by atoms with Crippen LogP contribution in [0.15, 0.2) is 70.5 Å². The van der Waals surface area contributed by atoms with Crippen LogP contribution in [0.4, 0.5) is 5.95 Å². The molecule has 0 bridgehead atoms. The molecule has 0 amide bonds. The van der Waals surface area contributed by atoms with Gasteiger partial charge >= 0.3 is 0 Å². The second kappa shape index (κ2) is 7.53. The summed E-state index contributed by atoms with van der Waals surface area (Å²) in [5.74, 6) is 1.34. The Bertz CT molecular complexity index is 1020. The lowest BCUT2D eigenvalue weighted by Crippen LogP contribution is -2.07. The summed E-state index contributed by atoms with van der Waals surface area (Å²) in [6.45, 7) is 1.33. The average molecular weight is 410 g/mol. The van der Waals surface area contributed by atoms with Gasteiger partial charge in [0.05, 0.1) is 6.54 Å². The van der Waals surface area contributed by atoms with Crippen LogP contribution < -0.4 is 4.74 Å². The zero-order valence-electron chi connectivity index (χ0n) is 13.8. The molecule has 0 aliphatic heterocycles. The summed E-state index contributed by atoms with van der Waals surface area (Å²) in [4.78, 5) is 8.35. The lowest BCUT2D eigenvalue weighted by Gasteiger charge is -2.08. The second-order valence-electron chi connectivity index (χ2n) is 5.66. The molecule has 0 spiro atoms. The molecule has 0 atom stereocenters. The number of hydrogen-bond donors (Lipinski definition) is 1. The van der Waals surface area contributed by atoms with Crippen LogP contribution >= 0.6 is 15.9 Å². The summed E-state index contributed by atoms with van der Waals surface area (Å²) in [5.41, 5.74) is 2.17. The van der Waals surface area contributed by atoms with Crippen molar-refractivity contribution in [3.05, 3.63) is 71.1 Å². The minimum Gasteiger partial charge on any atom is -0.492 e. The predicted octanol–water partition coefficient (Wildman–Crippen LogP) is 4.35. The number of hydrogen-bond acceptors (Lipinski definition) is 4. The summed E-state index contributed by atoms with van der Waals surface area (Å²) in [7, 11) is 0. The summed E-state index contributed by atoms with van der Waals surface area (Å²) in [5, 5.41) is 7.67. The molecule has 1 N–H and O–H groups in total. The first-order valence-electron chi connectivity index (χ1n) is 8.15. The average Bonchev–Trinajstić information content (AvgIpc) is 3.30. The predicted molar refractivity (Wildman–Crippen MR) is 105 cm³/mol. The molecule has 4 aromatic rings. The number of rotatable bonds is 6. The topological polar surface area (TPSA) is 68.1 Å². The van der Waals surface area contributed by atoms with Gasteiger partial charge in [0.15, 0.2) is 0 Å². The molecule has 7 heteroatoms. The van der Waals surface area contributed by atoms with Crippen molar-refractivity contribution in [2.45, 2.75) is 6.54 Å². The van der Waals surface area contributed by atoms with Crippen LogP contribution in [0, 0.1) is 0 Å². The summed E-state index contributed by atoms with van der Waals surface area (Å²) in [6.07, 6.45) is 5.32. The number of halogens is 1. The van der Waals surface area contributed by atoms with E-state index in [4.69, 9.17) is 4.74 Å². The number of nitrogens with one attached hydrogen (secondary N) is 1. The van der Waals surface area contributed by atoms with E-state index in [0.29, 0.717) is 12.6 Å². The number of benzene rings is 2. The van der Waals surface area contributed by atoms with Crippen molar-refractivity contribution < 1.29 is 4.74 Å². The van der Waals surface area contributed by atoms with Crippen molar-refractivity contribution in [1.29, 1.82) is 0 Å². The first-order valence-corrected chi connectivity index (χ1v) is 8.94. The van der Waals surface area contributed by atoms with Gasteiger partial charge in [-0.1, -0.05) is 34.1 Å². The van der Waals surface area contributed by atoms with Crippen molar-refractivity contribution in [3.63, 3.8) is 0 Å². The van der Waals surface area contributed by atoms with Crippen LogP contribution in [0.3, 0.4) is 0 Å². The third-order valence-corrected chi connectivity index (χ3v) is 4.49. The fourth-order valence-electron chi connectivity index (χ4n) is 2.75. The highest BCUT2D eigenvalue weighted by Gasteiger charge is 2.07. The van der Waals surface area contributed by atoms with Gasteiger partial charge in [0.2, 0.25) is 5.95 Å². The van der Waals surface area contributed by atoms with Crippen LogP contribution in [0.5, 0.6) is 5.75 Å². The highest BCUT2D eigenvalue weighted by atomic mass is 79.9. The molecule has 0 aliphatic rings. The van der Waals surface area contributed by atoms with E-state index >= 15 is 0 Å². The number of para-hydroxylation sites is 1. The molecule has 0 saturated heterocycles. The maximum Gasteiger partial charge on any atom is 0.245 e. The number of nitrogens with zero attached hydrogens (tertiary/aromatic N) is 4. The van der Waals surface area contributed by atoms with Crippen LogP contribution in [-0.2, 0) is 6.54 Å². The Morgan fingerprint density at radius 1 is 1.15 bits per heavy atom. The van der Waals surface area contributed by atoms with Crippen molar-refractivity contribution in [2.24, 2.45) is 4.99 Å². The van der Waals surface area contributed by atoms with E-state index in [-0.39, 0.29) is 0 Å². The summed E-state index contributed by atoms with van der Waals surface area (Å²) >= 11 is 3.43. The van der Waals surface area contributed by atoms with Crippen LogP contribution in [0.2, 0.25) is 0 Å². The third kappa shape index (κ3) is 3.67. The largest absolute Gasteiger partial charge is 0.492 e. The maximum atomic E-state index is 5.84. The third-order valence-electron chi connectivity index (χ3n) is 3.96. The van der Waals surface area contributed by atoms with Gasteiger partial charge in [-0.25, -0.2) is 10.1 Å². The maximum absolute atomic E-state index is 5.84. The molecule has 0 aliphatic carbocycles. The van der Waals surface area contributed by atoms with Gasteiger partial charge < -0.3 is 9.30 Å². The molecule has 4 rings (SSSR count). The van der Waals surface area contributed by atoms with E-state index < -0.39 is 0 Å². The quantitative estimate of drug-likeness (QED) is 0.481. The van der Waals surface area contributed by atoms with E-state index in [0.717, 1.165) is 33.2 Å². The molecule has 2 aromatic carbocycles. The van der Waals surface area contributed by atoms with E-state index in [1.807, 2.05) is 36.4 Å². The first-order chi connectivity index (χ1) is 12.8. The fraction of sp³-hybridized carbons (Fsp3) is 0.105. The van der Waals surface area contributed by atoms with Gasteiger partial charge in [-0.2, -0.15) is 10.1 Å². The monoisotopic (exact) mass is 409 g/mol. The van der Waals surface area contributed by atoms with E-state index in [1.54, 1.807) is 6.21 Å². The number of aromatic nitrogens is 4. The second-order valence-corrected chi connectivity index (χ2v) is 6.58. The van der Waals surface area contributed by atoms with Crippen LogP contribution in [-0.4, -0.2) is 32.6 Å². The Labute approximate surface area is 158 Å². The van der Waals surface area contributed by atoms with Crippen LogP contribution in [0.1, 0.15) is 5.56 Å². The zero-order chi connectivity index (χ0) is 17.8. The van der Waals surface area contributed by atoms with Gasteiger partial charge in [0, 0.05) is 33.4 Å². The molecule has 130 valence electrons. The number of H-pyrrole nitrogens is 1. The lowest BCUT2D eigenvalue weighted by molar-refractivity contribution is 0.300. The Morgan fingerprint density at radius 2 is 2.00 bits per heavy atom.